The molecule has 0 bridgehead atoms. The van der Waals surface area contributed by atoms with Crippen LogP contribution in [0.5, 0.6) is 5.75 Å². The molecule has 0 aliphatic carbocycles. The van der Waals surface area contributed by atoms with Gasteiger partial charge in [0.15, 0.2) is 0 Å². The predicted molar refractivity (Wildman–Crippen MR) is 101 cm³/mol. The van der Waals surface area contributed by atoms with E-state index in [9.17, 15) is 13.2 Å². The summed E-state index contributed by atoms with van der Waals surface area (Å²) in [5.41, 5.74) is 0.758. The van der Waals surface area contributed by atoms with Crippen molar-refractivity contribution in [3.63, 3.8) is 0 Å². The SMILES string of the molecule is C#C.CCC.C[B]C/C=C(/Br)N(C)c1ccc(OC(F)(F)F)cc1. The maximum Gasteiger partial charge on any atom is 0.573 e. The molecule has 0 atom stereocenters. The van der Waals surface area contributed by atoms with Crippen molar-refractivity contribution in [1.29, 1.82) is 0 Å². The van der Waals surface area contributed by atoms with Gasteiger partial charge >= 0.3 is 6.36 Å². The number of hydrogen-bond acceptors (Lipinski definition) is 2. The first-order valence-corrected chi connectivity index (χ1v) is 8.10. The highest BCUT2D eigenvalue weighted by Gasteiger charge is 2.30. The second-order valence-corrected chi connectivity index (χ2v) is 5.29. The number of ether oxygens (including phenoxy) is 1. The molecule has 0 aliphatic rings. The van der Waals surface area contributed by atoms with Crippen LogP contribution in [0, 0.1) is 12.8 Å². The van der Waals surface area contributed by atoms with Gasteiger partial charge in [0.25, 0.3) is 0 Å². The lowest BCUT2D eigenvalue weighted by Gasteiger charge is -2.19. The summed E-state index contributed by atoms with van der Waals surface area (Å²) >= 11 is 3.40. The summed E-state index contributed by atoms with van der Waals surface area (Å²) in [4.78, 5) is 1.82. The Morgan fingerprint density at radius 3 is 2.08 bits per heavy atom. The molecule has 0 saturated carbocycles. The van der Waals surface area contributed by atoms with Crippen molar-refractivity contribution in [1.82, 2.24) is 0 Å². The van der Waals surface area contributed by atoms with Crippen LogP contribution in [0.3, 0.4) is 0 Å². The van der Waals surface area contributed by atoms with Gasteiger partial charge in [-0.3, -0.25) is 0 Å². The van der Waals surface area contributed by atoms with E-state index in [1.165, 1.54) is 18.6 Å². The monoisotopic (exact) mass is 404 g/mol. The molecule has 0 aliphatic heterocycles. The van der Waals surface area contributed by atoms with E-state index in [-0.39, 0.29) is 5.75 Å². The summed E-state index contributed by atoms with van der Waals surface area (Å²) < 4.78 is 40.7. The highest BCUT2D eigenvalue weighted by atomic mass is 79.9. The topological polar surface area (TPSA) is 12.5 Å². The Labute approximate surface area is 152 Å². The lowest BCUT2D eigenvalue weighted by molar-refractivity contribution is -0.274. The van der Waals surface area contributed by atoms with Gasteiger partial charge < -0.3 is 9.64 Å². The molecule has 0 unspecified atom stereocenters. The first kappa shape index (κ1) is 24.7. The average molecular weight is 405 g/mol. The fraction of sp³-hybridized carbons (Fsp3) is 0.412. The third-order valence-electron chi connectivity index (χ3n) is 2.30. The summed E-state index contributed by atoms with van der Waals surface area (Å²) in [6.45, 7) is 6.19. The van der Waals surface area contributed by atoms with E-state index in [0.717, 1.165) is 16.6 Å². The average Bonchev–Trinajstić information content (AvgIpc) is 2.54. The summed E-state index contributed by atoms with van der Waals surface area (Å²) in [5.74, 6) is -0.230. The largest absolute Gasteiger partial charge is 0.573 e. The molecular formula is C17H23BBrF3NO. The molecule has 1 radical (unpaired) electrons. The summed E-state index contributed by atoms with van der Waals surface area (Å²) in [6.07, 6.45) is 7.35. The number of terminal acetylenes is 1. The first-order valence-electron chi connectivity index (χ1n) is 7.31. The van der Waals surface area contributed by atoms with E-state index in [0.29, 0.717) is 0 Å². The van der Waals surface area contributed by atoms with Gasteiger partial charge in [-0.25, -0.2) is 0 Å². The Bertz CT molecular complexity index is 487. The predicted octanol–water partition coefficient (Wildman–Crippen LogP) is 6.09. The summed E-state index contributed by atoms with van der Waals surface area (Å²) in [6, 6.07) is 5.69. The zero-order valence-corrected chi connectivity index (χ0v) is 16.0. The third-order valence-corrected chi connectivity index (χ3v) is 3.16. The van der Waals surface area contributed by atoms with Crippen LogP contribution in [0.2, 0.25) is 13.1 Å². The number of alkyl halides is 3. The second kappa shape index (κ2) is 13.9. The molecule has 0 spiro atoms. The number of allylic oxidation sites excluding steroid dienone is 1. The van der Waals surface area contributed by atoms with E-state index in [1.807, 2.05) is 32.1 Å². The minimum atomic E-state index is -4.66. The van der Waals surface area contributed by atoms with E-state index >= 15 is 0 Å². The van der Waals surface area contributed by atoms with Gasteiger partial charge in [0.05, 0.1) is 4.61 Å². The molecule has 1 aromatic rings. The van der Waals surface area contributed by atoms with Crippen LogP contribution in [0.15, 0.2) is 34.9 Å². The molecule has 2 nitrogen and oxygen atoms in total. The van der Waals surface area contributed by atoms with Crippen LogP contribution >= 0.6 is 15.9 Å². The minimum Gasteiger partial charge on any atom is -0.406 e. The molecule has 0 amide bonds. The van der Waals surface area contributed by atoms with E-state index in [4.69, 9.17) is 0 Å². The van der Waals surface area contributed by atoms with Gasteiger partial charge in [-0.2, -0.15) is 0 Å². The van der Waals surface area contributed by atoms with Crippen molar-refractivity contribution < 1.29 is 17.9 Å². The van der Waals surface area contributed by atoms with Crippen molar-refractivity contribution >= 4 is 28.9 Å². The van der Waals surface area contributed by atoms with Crippen molar-refractivity contribution in [2.75, 3.05) is 11.9 Å². The molecule has 0 heterocycles. The Morgan fingerprint density at radius 1 is 1.25 bits per heavy atom. The fourth-order valence-electron chi connectivity index (χ4n) is 1.35. The Balaban J connectivity index is 0. The summed E-state index contributed by atoms with van der Waals surface area (Å²) in [7, 11) is 3.81. The number of hydrogen-bond donors (Lipinski definition) is 0. The number of rotatable bonds is 5. The van der Waals surface area contributed by atoms with Gasteiger partial charge in [-0.15, -0.1) is 26.0 Å². The minimum absolute atomic E-state index is 0.230. The lowest BCUT2D eigenvalue weighted by atomic mass is 9.78. The van der Waals surface area contributed by atoms with Crippen LogP contribution in [-0.2, 0) is 0 Å². The maximum absolute atomic E-state index is 12.0. The quantitative estimate of drug-likeness (QED) is 0.334. The van der Waals surface area contributed by atoms with Gasteiger partial charge in [-0.05, 0) is 40.2 Å². The highest BCUT2D eigenvalue weighted by molar-refractivity contribution is 9.11. The molecule has 133 valence electrons. The van der Waals surface area contributed by atoms with Gasteiger partial charge in [0.2, 0.25) is 0 Å². The van der Waals surface area contributed by atoms with Crippen molar-refractivity contribution in [2.45, 2.75) is 39.8 Å². The van der Waals surface area contributed by atoms with Crippen molar-refractivity contribution in [3.05, 3.63) is 34.9 Å². The second-order valence-electron chi connectivity index (χ2n) is 4.48. The van der Waals surface area contributed by atoms with E-state index in [2.05, 4.69) is 47.4 Å². The number of benzene rings is 1. The fourth-order valence-corrected chi connectivity index (χ4v) is 1.74. The molecule has 7 heteroatoms. The zero-order chi connectivity index (χ0) is 19.2. The van der Waals surface area contributed by atoms with E-state index in [1.54, 1.807) is 12.1 Å². The first-order chi connectivity index (χ1) is 11.2. The zero-order valence-electron chi connectivity index (χ0n) is 14.4. The lowest BCUT2D eigenvalue weighted by Crippen LogP contribution is -2.17. The number of anilines is 1. The molecule has 0 aromatic heterocycles. The Hall–Kier alpha value is -1.55. The van der Waals surface area contributed by atoms with Crippen molar-refractivity contribution in [2.24, 2.45) is 0 Å². The molecule has 1 aromatic carbocycles. The maximum atomic E-state index is 12.0. The Morgan fingerprint density at radius 2 is 1.71 bits per heavy atom. The molecule has 24 heavy (non-hydrogen) atoms. The molecular weight excluding hydrogens is 382 g/mol. The Kier molecular flexibility index (Phi) is 14.3. The molecule has 1 rings (SSSR count). The summed E-state index contributed by atoms with van der Waals surface area (Å²) in [5, 5.41) is 0. The van der Waals surface area contributed by atoms with Crippen LogP contribution in [0.25, 0.3) is 0 Å². The van der Waals surface area contributed by atoms with Gasteiger partial charge in [0.1, 0.15) is 13.0 Å². The van der Waals surface area contributed by atoms with Gasteiger partial charge in [-0.1, -0.05) is 39.5 Å². The highest BCUT2D eigenvalue weighted by Crippen LogP contribution is 2.27. The third kappa shape index (κ3) is 11.9. The molecule has 0 saturated heterocycles. The molecule has 0 N–H and O–H groups in total. The van der Waals surface area contributed by atoms with Crippen LogP contribution in [0.1, 0.15) is 20.3 Å². The van der Waals surface area contributed by atoms with Crippen LogP contribution in [-0.4, -0.2) is 20.7 Å². The molecule has 0 fully saturated rings. The standard InChI is InChI=1S/C12H13BBrF3NO.C3H8.C2H2/c1-13-8-7-11(14)18(2)9-3-5-10(6-4-9)19-12(15,16)17;1-3-2;1-2/h3-7H,8H2,1-2H3;3H2,1-2H3;1-2H/b11-7-;;. The van der Waals surface area contributed by atoms with Crippen LogP contribution in [0.4, 0.5) is 18.9 Å². The normalized spacial score (nSPS) is 10.5. The van der Waals surface area contributed by atoms with E-state index < -0.39 is 6.36 Å². The van der Waals surface area contributed by atoms with Crippen LogP contribution < -0.4 is 9.64 Å². The van der Waals surface area contributed by atoms with Gasteiger partial charge in [0, 0.05) is 12.7 Å². The number of nitrogens with zero attached hydrogens (tertiary/aromatic N) is 1. The van der Waals surface area contributed by atoms with Crippen molar-refractivity contribution in [3.8, 4) is 18.6 Å². The number of halogens is 4. The smallest absolute Gasteiger partial charge is 0.406 e.